The molecule has 1 atom stereocenters. The summed E-state index contributed by atoms with van der Waals surface area (Å²) in [6.07, 6.45) is 2.24. The van der Waals surface area contributed by atoms with Crippen molar-refractivity contribution in [2.45, 2.75) is 45.6 Å². The smallest absolute Gasteiger partial charge is 0.409 e. The Kier molecular flexibility index (Phi) is 6.54. The quantitative estimate of drug-likeness (QED) is 0.842. The standard InChI is InChI=1S/C21H29N3O4/c1-3-15-7-5-6-8-18(15)22-20(26)16-13-19(25)24(14-16)17-9-11-23(12-10-17)21(27)28-4-2/h5-8,16-17H,3-4,9-14H2,1-2H3,(H,22,26). The Labute approximate surface area is 166 Å². The van der Waals surface area contributed by atoms with E-state index in [9.17, 15) is 14.4 Å². The molecule has 1 aromatic rings. The van der Waals surface area contributed by atoms with Crippen LogP contribution in [0.3, 0.4) is 0 Å². The van der Waals surface area contributed by atoms with Crippen molar-refractivity contribution in [2.75, 3.05) is 31.6 Å². The molecule has 3 rings (SSSR count). The number of para-hydroxylation sites is 1. The van der Waals surface area contributed by atoms with Gasteiger partial charge < -0.3 is 19.9 Å². The van der Waals surface area contributed by atoms with E-state index in [1.165, 1.54) is 0 Å². The van der Waals surface area contributed by atoms with Gasteiger partial charge in [-0.3, -0.25) is 9.59 Å². The first-order valence-electron chi connectivity index (χ1n) is 10.1. The van der Waals surface area contributed by atoms with Gasteiger partial charge in [0.05, 0.1) is 12.5 Å². The van der Waals surface area contributed by atoms with Gasteiger partial charge >= 0.3 is 6.09 Å². The fourth-order valence-electron chi connectivity index (χ4n) is 4.02. The zero-order valence-corrected chi connectivity index (χ0v) is 16.6. The minimum Gasteiger partial charge on any atom is -0.450 e. The molecular formula is C21H29N3O4. The predicted octanol–water partition coefficient (Wildman–Crippen LogP) is 2.66. The van der Waals surface area contributed by atoms with Gasteiger partial charge in [-0.15, -0.1) is 0 Å². The van der Waals surface area contributed by atoms with Crippen LogP contribution in [0.4, 0.5) is 10.5 Å². The number of hydrogen-bond donors (Lipinski definition) is 1. The maximum absolute atomic E-state index is 12.7. The van der Waals surface area contributed by atoms with Gasteiger partial charge in [0.1, 0.15) is 0 Å². The van der Waals surface area contributed by atoms with Crippen LogP contribution in [0, 0.1) is 5.92 Å². The summed E-state index contributed by atoms with van der Waals surface area (Å²) in [5, 5.41) is 3.00. The van der Waals surface area contributed by atoms with Crippen molar-refractivity contribution in [1.29, 1.82) is 0 Å². The number of piperidine rings is 1. The van der Waals surface area contributed by atoms with Crippen LogP contribution in [0.15, 0.2) is 24.3 Å². The maximum Gasteiger partial charge on any atom is 0.409 e. The SMILES string of the molecule is CCOC(=O)N1CCC(N2CC(C(=O)Nc3ccccc3CC)CC2=O)CC1. The number of nitrogens with one attached hydrogen (secondary N) is 1. The Morgan fingerprint density at radius 3 is 2.57 bits per heavy atom. The fourth-order valence-corrected chi connectivity index (χ4v) is 4.02. The third kappa shape index (κ3) is 4.46. The lowest BCUT2D eigenvalue weighted by Gasteiger charge is -2.36. The van der Waals surface area contributed by atoms with E-state index < -0.39 is 0 Å². The van der Waals surface area contributed by atoms with Crippen LogP contribution in [0.1, 0.15) is 38.7 Å². The Balaban J connectivity index is 1.55. The monoisotopic (exact) mass is 387 g/mol. The summed E-state index contributed by atoms with van der Waals surface area (Å²) in [4.78, 5) is 40.6. The zero-order valence-electron chi connectivity index (χ0n) is 16.6. The van der Waals surface area contributed by atoms with Crippen LogP contribution < -0.4 is 5.32 Å². The molecule has 1 unspecified atom stereocenters. The molecule has 2 saturated heterocycles. The zero-order chi connectivity index (χ0) is 20.1. The number of hydrogen-bond acceptors (Lipinski definition) is 4. The highest BCUT2D eigenvalue weighted by Crippen LogP contribution is 2.27. The number of carbonyl (C=O) groups excluding carboxylic acids is 3. The number of anilines is 1. The lowest BCUT2D eigenvalue weighted by atomic mass is 10.0. The second-order valence-corrected chi connectivity index (χ2v) is 7.36. The van der Waals surface area contributed by atoms with Crippen LogP contribution in [-0.4, -0.2) is 60.0 Å². The maximum atomic E-state index is 12.7. The van der Waals surface area contributed by atoms with Crippen molar-refractivity contribution in [3.8, 4) is 0 Å². The second-order valence-electron chi connectivity index (χ2n) is 7.36. The van der Waals surface area contributed by atoms with Crippen molar-refractivity contribution in [3.05, 3.63) is 29.8 Å². The van der Waals surface area contributed by atoms with Crippen molar-refractivity contribution >= 4 is 23.6 Å². The van der Waals surface area contributed by atoms with Crippen LogP contribution in [0.2, 0.25) is 0 Å². The molecule has 0 saturated carbocycles. The summed E-state index contributed by atoms with van der Waals surface area (Å²) in [7, 11) is 0. The van der Waals surface area contributed by atoms with Crippen LogP contribution >= 0.6 is 0 Å². The molecule has 2 heterocycles. The Morgan fingerprint density at radius 2 is 1.89 bits per heavy atom. The molecule has 0 radical (unpaired) electrons. The highest BCUT2D eigenvalue weighted by molar-refractivity contribution is 5.97. The largest absolute Gasteiger partial charge is 0.450 e. The number of likely N-dealkylation sites (tertiary alicyclic amines) is 2. The van der Waals surface area contributed by atoms with Gasteiger partial charge in [0.25, 0.3) is 0 Å². The molecule has 7 heteroatoms. The minimum atomic E-state index is -0.333. The number of carbonyl (C=O) groups is 3. The summed E-state index contributed by atoms with van der Waals surface area (Å²) in [6.45, 7) is 5.80. The predicted molar refractivity (Wildman–Crippen MR) is 106 cm³/mol. The first kappa shape index (κ1) is 20.2. The van der Waals surface area contributed by atoms with Crippen molar-refractivity contribution in [2.24, 2.45) is 5.92 Å². The molecule has 152 valence electrons. The number of aryl methyl sites for hydroxylation is 1. The van der Waals surface area contributed by atoms with E-state index in [1.807, 2.05) is 29.2 Å². The summed E-state index contributed by atoms with van der Waals surface area (Å²) in [6, 6.07) is 7.84. The lowest BCUT2D eigenvalue weighted by molar-refractivity contribution is -0.130. The molecule has 28 heavy (non-hydrogen) atoms. The molecule has 2 aliphatic rings. The van der Waals surface area contributed by atoms with Crippen molar-refractivity contribution in [1.82, 2.24) is 9.80 Å². The third-order valence-electron chi connectivity index (χ3n) is 5.62. The van der Waals surface area contributed by atoms with E-state index in [0.29, 0.717) is 26.2 Å². The molecule has 0 spiro atoms. The van der Waals surface area contributed by atoms with Crippen molar-refractivity contribution < 1.29 is 19.1 Å². The summed E-state index contributed by atoms with van der Waals surface area (Å²) >= 11 is 0. The third-order valence-corrected chi connectivity index (χ3v) is 5.62. The molecule has 1 N–H and O–H groups in total. The molecule has 0 aliphatic carbocycles. The number of amides is 3. The summed E-state index contributed by atoms with van der Waals surface area (Å²) in [5.41, 5.74) is 1.91. The molecule has 2 aliphatic heterocycles. The normalized spacial score (nSPS) is 20.4. The summed E-state index contributed by atoms with van der Waals surface area (Å²) in [5.74, 6) is -0.403. The van der Waals surface area contributed by atoms with Gasteiger partial charge in [-0.2, -0.15) is 0 Å². The molecule has 3 amide bonds. The second kappa shape index (κ2) is 9.08. The Bertz CT molecular complexity index is 728. The minimum absolute atomic E-state index is 0.0264. The van der Waals surface area contributed by atoms with E-state index in [0.717, 1.165) is 30.5 Å². The first-order valence-corrected chi connectivity index (χ1v) is 10.1. The van der Waals surface area contributed by atoms with Gasteiger partial charge in [0.15, 0.2) is 0 Å². The number of nitrogens with zero attached hydrogens (tertiary/aromatic N) is 2. The first-order chi connectivity index (χ1) is 13.5. The average Bonchev–Trinajstić information content (AvgIpc) is 3.10. The lowest BCUT2D eigenvalue weighted by Crippen LogP contribution is -2.47. The summed E-state index contributed by atoms with van der Waals surface area (Å²) < 4.78 is 5.04. The van der Waals surface area contributed by atoms with Gasteiger partial charge in [-0.1, -0.05) is 25.1 Å². The van der Waals surface area contributed by atoms with Gasteiger partial charge in [-0.05, 0) is 37.8 Å². The van der Waals surface area contributed by atoms with E-state index in [4.69, 9.17) is 4.74 Å². The topological polar surface area (TPSA) is 79.0 Å². The van der Waals surface area contributed by atoms with E-state index >= 15 is 0 Å². The fraction of sp³-hybridized carbons (Fsp3) is 0.571. The van der Waals surface area contributed by atoms with E-state index in [2.05, 4.69) is 12.2 Å². The Morgan fingerprint density at radius 1 is 1.18 bits per heavy atom. The average molecular weight is 387 g/mol. The molecule has 2 fully saturated rings. The number of rotatable bonds is 5. The molecule has 0 aromatic heterocycles. The highest BCUT2D eigenvalue weighted by atomic mass is 16.6. The molecule has 1 aromatic carbocycles. The van der Waals surface area contributed by atoms with Gasteiger partial charge in [0.2, 0.25) is 11.8 Å². The van der Waals surface area contributed by atoms with E-state index in [-0.39, 0.29) is 36.3 Å². The van der Waals surface area contributed by atoms with Crippen molar-refractivity contribution in [3.63, 3.8) is 0 Å². The van der Waals surface area contributed by atoms with Gasteiger partial charge in [-0.25, -0.2) is 4.79 Å². The molecular weight excluding hydrogens is 358 g/mol. The number of benzene rings is 1. The molecule has 0 bridgehead atoms. The number of ether oxygens (including phenoxy) is 1. The molecule has 7 nitrogen and oxygen atoms in total. The van der Waals surface area contributed by atoms with Crippen LogP contribution in [0.5, 0.6) is 0 Å². The highest BCUT2D eigenvalue weighted by Gasteiger charge is 2.39. The van der Waals surface area contributed by atoms with E-state index in [1.54, 1.807) is 11.8 Å². The van der Waals surface area contributed by atoms with Crippen LogP contribution in [-0.2, 0) is 20.7 Å². The van der Waals surface area contributed by atoms with Gasteiger partial charge in [0, 0.05) is 37.8 Å². The van der Waals surface area contributed by atoms with Crippen LogP contribution in [0.25, 0.3) is 0 Å². The Hall–Kier alpha value is -2.57.